The lowest BCUT2D eigenvalue weighted by atomic mass is 9.99. The van der Waals surface area contributed by atoms with Crippen molar-refractivity contribution in [1.29, 1.82) is 0 Å². The van der Waals surface area contributed by atoms with Crippen molar-refractivity contribution in [3.05, 3.63) is 65.2 Å². The molecule has 0 saturated carbocycles. The zero-order chi connectivity index (χ0) is 13.9. The van der Waals surface area contributed by atoms with Gasteiger partial charge in [-0.2, -0.15) is 0 Å². The van der Waals surface area contributed by atoms with Crippen LogP contribution in [0.4, 0.5) is 5.69 Å². The highest BCUT2D eigenvalue weighted by Gasteiger charge is 2.18. The van der Waals surface area contributed by atoms with E-state index in [-0.39, 0.29) is 0 Å². The van der Waals surface area contributed by atoms with E-state index < -0.39 is 0 Å². The van der Waals surface area contributed by atoms with Gasteiger partial charge in [0.25, 0.3) is 0 Å². The molecule has 1 N–H and O–H groups in total. The van der Waals surface area contributed by atoms with Crippen LogP contribution in [0.5, 0.6) is 5.75 Å². The van der Waals surface area contributed by atoms with Crippen LogP contribution in [0, 0.1) is 6.92 Å². The fourth-order valence-corrected chi connectivity index (χ4v) is 2.76. The van der Waals surface area contributed by atoms with E-state index in [2.05, 4.69) is 37.0 Å². The van der Waals surface area contributed by atoms with Crippen LogP contribution in [-0.4, -0.2) is 6.54 Å². The second-order valence-corrected chi connectivity index (χ2v) is 5.09. The zero-order valence-electron chi connectivity index (χ0n) is 11.8. The molecule has 2 aromatic carbocycles. The van der Waals surface area contributed by atoms with Gasteiger partial charge in [-0.3, -0.25) is 0 Å². The van der Waals surface area contributed by atoms with Gasteiger partial charge < -0.3 is 10.1 Å². The Balaban J connectivity index is 1.89. The third-order valence-electron chi connectivity index (χ3n) is 3.85. The molecule has 0 fully saturated rings. The normalized spacial score (nSPS) is 12.7. The largest absolute Gasteiger partial charge is 0.488 e. The fourth-order valence-electron chi connectivity index (χ4n) is 2.76. The second kappa shape index (κ2) is 5.41. The molecule has 0 atom stereocenters. The Morgan fingerprint density at radius 1 is 1.30 bits per heavy atom. The lowest BCUT2D eigenvalue weighted by Gasteiger charge is -2.15. The molecule has 0 aromatic heterocycles. The van der Waals surface area contributed by atoms with E-state index in [9.17, 15) is 0 Å². The van der Waals surface area contributed by atoms with Gasteiger partial charge in [0, 0.05) is 23.9 Å². The predicted molar refractivity (Wildman–Crippen MR) is 84.2 cm³/mol. The van der Waals surface area contributed by atoms with Crippen LogP contribution in [0.1, 0.15) is 22.3 Å². The van der Waals surface area contributed by atoms with Crippen molar-refractivity contribution in [1.82, 2.24) is 0 Å². The number of ether oxygens (including phenoxy) is 1. The Labute approximate surface area is 120 Å². The lowest BCUT2D eigenvalue weighted by Crippen LogP contribution is -2.00. The Morgan fingerprint density at radius 3 is 2.85 bits per heavy atom. The Hall–Kier alpha value is -2.22. The molecule has 1 aliphatic rings. The van der Waals surface area contributed by atoms with Crippen LogP contribution in [0.25, 0.3) is 6.08 Å². The number of hydrogen-bond donors (Lipinski definition) is 1. The molecule has 1 aliphatic heterocycles. The van der Waals surface area contributed by atoms with Crippen LogP contribution < -0.4 is 10.1 Å². The Bertz CT molecular complexity index is 632. The van der Waals surface area contributed by atoms with Gasteiger partial charge in [0.2, 0.25) is 0 Å². The number of hydrogen-bond acceptors (Lipinski definition) is 2. The van der Waals surface area contributed by atoms with Gasteiger partial charge >= 0.3 is 0 Å². The van der Waals surface area contributed by atoms with Crippen LogP contribution in [-0.2, 0) is 13.0 Å². The van der Waals surface area contributed by atoms with E-state index in [1.54, 1.807) is 0 Å². The molecule has 1 heterocycles. The first kappa shape index (κ1) is 12.8. The molecular weight excluding hydrogens is 246 g/mol. The first-order valence-corrected chi connectivity index (χ1v) is 6.99. The summed E-state index contributed by atoms with van der Waals surface area (Å²) in [5, 5.41) is 3.42. The van der Waals surface area contributed by atoms with E-state index in [0.717, 1.165) is 24.3 Å². The first-order valence-electron chi connectivity index (χ1n) is 6.99. The summed E-state index contributed by atoms with van der Waals surface area (Å²) in [4.78, 5) is 0. The molecule has 2 heteroatoms. The molecular formula is C18H19NO. The number of rotatable bonds is 4. The molecule has 102 valence electrons. The minimum Gasteiger partial charge on any atom is -0.488 e. The second-order valence-electron chi connectivity index (χ2n) is 5.09. The zero-order valence-corrected chi connectivity index (χ0v) is 11.8. The maximum absolute atomic E-state index is 6.01. The smallest absolute Gasteiger partial charge is 0.129 e. The lowest BCUT2D eigenvalue weighted by molar-refractivity contribution is 0.305. The van der Waals surface area contributed by atoms with E-state index >= 15 is 0 Å². The topological polar surface area (TPSA) is 21.3 Å². The van der Waals surface area contributed by atoms with Crippen molar-refractivity contribution < 1.29 is 4.74 Å². The van der Waals surface area contributed by atoms with Crippen LogP contribution in [0.2, 0.25) is 0 Å². The summed E-state index contributed by atoms with van der Waals surface area (Å²) in [5.41, 5.74) is 6.17. The van der Waals surface area contributed by atoms with Gasteiger partial charge in [0.15, 0.2) is 0 Å². The number of anilines is 1. The van der Waals surface area contributed by atoms with Crippen molar-refractivity contribution in [3.63, 3.8) is 0 Å². The summed E-state index contributed by atoms with van der Waals surface area (Å²) >= 11 is 0. The summed E-state index contributed by atoms with van der Waals surface area (Å²) in [6.07, 6.45) is 2.98. The van der Waals surface area contributed by atoms with Crippen LogP contribution in [0.3, 0.4) is 0 Å². The number of nitrogens with one attached hydrogen (secondary N) is 1. The highest BCUT2D eigenvalue weighted by Crippen LogP contribution is 2.35. The summed E-state index contributed by atoms with van der Waals surface area (Å²) in [5.74, 6) is 0.912. The standard InChI is InChI=1S/C18H19NO/c1-3-15-13(2)16-9-10-19-17(16)11-18(15)20-12-14-7-5-4-6-8-14/h3-8,11,19H,1,9-10,12H2,2H3. The molecule has 2 nitrogen and oxygen atoms in total. The fraction of sp³-hybridized carbons (Fsp3) is 0.222. The van der Waals surface area contributed by atoms with E-state index in [1.165, 1.54) is 22.4 Å². The molecule has 0 aliphatic carbocycles. The van der Waals surface area contributed by atoms with Gasteiger partial charge in [-0.15, -0.1) is 0 Å². The molecule has 0 amide bonds. The number of benzene rings is 2. The maximum Gasteiger partial charge on any atom is 0.129 e. The Morgan fingerprint density at radius 2 is 2.10 bits per heavy atom. The molecule has 2 aromatic rings. The summed E-state index contributed by atoms with van der Waals surface area (Å²) < 4.78 is 6.01. The van der Waals surface area contributed by atoms with Crippen molar-refractivity contribution in [3.8, 4) is 5.75 Å². The molecule has 0 saturated heterocycles. The molecule has 0 radical (unpaired) electrons. The van der Waals surface area contributed by atoms with Crippen LogP contribution >= 0.6 is 0 Å². The molecule has 20 heavy (non-hydrogen) atoms. The SMILES string of the molecule is C=Cc1c(OCc2ccccc2)cc2c(c1C)CCN2. The molecule has 3 rings (SSSR count). The highest BCUT2D eigenvalue weighted by molar-refractivity contribution is 5.71. The monoisotopic (exact) mass is 265 g/mol. The minimum atomic E-state index is 0.583. The van der Waals surface area contributed by atoms with Gasteiger partial charge in [0.1, 0.15) is 12.4 Å². The molecule has 0 unspecified atom stereocenters. The summed E-state index contributed by atoms with van der Waals surface area (Å²) in [6.45, 7) is 7.68. The maximum atomic E-state index is 6.01. The van der Waals surface area contributed by atoms with Crippen LogP contribution in [0.15, 0.2) is 43.0 Å². The molecule has 0 bridgehead atoms. The quantitative estimate of drug-likeness (QED) is 0.895. The first-order chi connectivity index (χ1) is 9.79. The van der Waals surface area contributed by atoms with E-state index in [1.807, 2.05) is 24.3 Å². The van der Waals surface area contributed by atoms with Crippen molar-refractivity contribution in [2.24, 2.45) is 0 Å². The third kappa shape index (κ3) is 2.29. The van der Waals surface area contributed by atoms with Gasteiger partial charge in [-0.05, 0) is 30.0 Å². The third-order valence-corrected chi connectivity index (χ3v) is 3.85. The highest BCUT2D eigenvalue weighted by atomic mass is 16.5. The Kier molecular flexibility index (Phi) is 3.46. The summed E-state index contributed by atoms with van der Waals surface area (Å²) in [6, 6.07) is 12.3. The minimum absolute atomic E-state index is 0.583. The average molecular weight is 265 g/mol. The van der Waals surface area contributed by atoms with Crippen molar-refractivity contribution in [2.75, 3.05) is 11.9 Å². The van der Waals surface area contributed by atoms with E-state index in [0.29, 0.717) is 6.61 Å². The average Bonchev–Trinajstić information content (AvgIpc) is 2.95. The van der Waals surface area contributed by atoms with Gasteiger partial charge in [0.05, 0.1) is 0 Å². The van der Waals surface area contributed by atoms with Gasteiger partial charge in [-0.25, -0.2) is 0 Å². The predicted octanol–water partition coefficient (Wildman–Crippen LogP) is 4.19. The van der Waals surface area contributed by atoms with Crippen molar-refractivity contribution >= 4 is 11.8 Å². The van der Waals surface area contributed by atoms with Gasteiger partial charge in [-0.1, -0.05) is 43.0 Å². The van der Waals surface area contributed by atoms with E-state index in [4.69, 9.17) is 4.74 Å². The molecule has 0 spiro atoms. The summed E-state index contributed by atoms with van der Waals surface area (Å²) in [7, 11) is 0. The van der Waals surface area contributed by atoms with Crippen molar-refractivity contribution in [2.45, 2.75) is 20.0 Å². The number of fused-ring (bicyclic) bond motifs is 1.